The third-order valence-electron chi connectivity index (χ3n) is 3.23. The van der Waals surface area contributed by atoms with Crippen molar-refractivity contribution in [1.82, 2.24) is 4.98 Å². The second kappa shape index (κ2) is 6.00. The molecule has 21 heavy (non-hydrogen) atoms. The third-order valence-corrected chi connectivity index (χ3v) is 4.16. The summed E-state index contributed by atoms with van der Waals surface area (Å²) in [6.07, 6.45) is 3.60. The molecule has 3 aromatic rings. The highest BCUT2D eigenvalue weighted by Gasteiger charge is 2.08. The second-order valence-electron chi connectivity index (χ2n) is 4.61. The predicted octanol–water partition coefficient (Wildman–Crippen LogP) is 5.40. The van der Waals surface area contributed by atoms with Gasteiger partial charge in [-0.25, -0.2) is 4.39 Å². The van der Waals surface area contributed by atoms with Crippen LogP contribution in [0.25, 0.3) is 10.8 Å². The van der Waals surface area contributed by atoms with Gasteiger partial charge in [-0.15, -0.1) is 0 Å². The van der Waals surface area contributed by atoms with Gasteiger partial charge in [0.2, 0.25) is 0 Å². The molecule has 1 N–H and O–H groups in total. The molecule has 3 rings (SSSR count). The molecule has 106 valence electrons. The molecular formula is C16H11BrClFN2. The van der Waals surface area contributed by atoms with Crippen LogP contribution in [0, 0.1) is 5.82 Å². The molecular weight excluding hydrogens is 355 g/mol. The third kappa shape index (κ3) is 3.01. The van der Waals surface area contributed by atoms with E-state index in [4.69, 9.17) is 11.6 Å². The van der Waals surface area contributed by atoms with Gasteiger partial charge in [-0.05, 0) is 45.1 Å². The number of nitrogens with one attached hydrogen (secondary N) is 1. The first-order chi connectivity index (χ1) is 10.1. The van der Waals surface area contributed by atoms with Crippen LogP contribution in [0.5, 0.6) is 0 Å². The van der Waals surface area contributed by atoms with E-state index in [1.54, 1.807) is 6.20 Å². The lowest BCUT2D eigenvalue weighted by molar-refractivity contribution is 0.627. The summed E-state index contributed by atoms with van der Waals surface area (Å²) in [4.78, 5) is 4.12. The Morgan fingerprint density at radius 2 is 2.10 bits per heavy atom. The number of rotatable bonds is 3. The van der Waals surface area contributed by atoms with E-state index in [2.05, 4.69) is 26.2 Å². The number of hydrogen-bond acceptors (Lipinski definition) is 2. The molecule has 0 unspecified atom stereocenters. The number of nitrogens with zero attached hydrogens (tertiary/aromatic N) is 1. The molecule has 2 aromatic carbocycles. The van der Waals surface area contributed by atoms with E-state index in [1.165, 1.54) is 12.1 Å². The zero-order valence-electron chi connectivity index (χ0n) is 10.9. The van der Waals surface area contributed by atoms with Crippen LogP contribution in [0.1, 0.15) is 5.56 Å². The molecule has 0 radical (unpaired) electrons. The van der Waals surface area contributed by atoms with Gasteiger partial charge in [0.25, 0.3) is 0 Å². The van der Waals surface area contributed by atoms with Crippen LogP contribution in [0.4, 0.5) is 10.1 Å². The van der Waals surface area contributed by atoms with E-state index in [9.17, 15) is 4.39 Å². The molecule has 0 amide bonds. The maximum Gasteiger partial charge on any atom is 0.125 e. The minimum atomic E-state index is -0.367. The Hall–Kier alpha value is -1.65. The molecule has 0 fully saturated rings. The summed E-state index contributed by atoms with van der Waals surface area (Å²) in [5.41, 5.74) is 1.81. The Morgan fingerprint density at radius 1 is 1.24 bits per heavy atom. The lowest BCUT2D eigenvalue weighted by atomic mass is 10.1. The molecule has 0 aliphatic rings. The number of hydrogen-bond donors (Lipinski definition) is 1. The predicted molar refractivity (Wildman–Crippen MR) is 88.2 cm³/mol. The van der Waals surface area contributed by atoms with Crippen LogP contribution in [-0.4, -0.2) is 4.98 Å². The maximum atomic E-state index is 13.2. The molecule has 0 aliphatic heterocycles. The van der Waals surface area contributed by atoms with Crippen LogP contribution >= 0.6 is 27.5 Å². The molecule has 5 heteroatoms. The average molecular weight is 366 g/mol. The molecule has 0 aliphatic carbocycles. The number of fused-ring (bicyclic) bond motifs is 1. The van der Waals surface area contributed by atoms with Gasteiger partial charge in [-0.3, -0.25) is 4.98 Å². The summed E-state index contributed by atoms with van der Waals surface area (Å²) < 4.78 is 13.8. The first kappa shape index (κ1) is 14.3. The molecule has 0 saturated heterocycles. The average Bonchev–Trinajstić information content (AvgIpc) is 2.46. The smallest absolute Gasteiger partial charge is 0.125 e. The second-order valence-corrected chi connectivity index (χ2v) is 5.87. The number of pyridine rings is 1. The standard InChI is InChI=1S/C16H11BrClFN2/c17-14-6-12(19)7-15(18)16(14)21-9-11-3-1-2-10-8-20-5-4-13(10)11/h1-8,21H,9H2. The highest BCUT2D eigenvalue weighted by atomic mass is 79.9. The first-order valence-corrected chi connectivity index (χ1v) is 7.52. The number of halogens is 3. The summed E-state index contributed by atoms with van der Waals surface area (Å²) >= 11 is 9.40. The van der Waals surface area contributed by atoms with Crippen LogP contribution in [0.3, 0.4) is 0 Å². The van der Waals surface area contributed by atoms with Gasteiger partial charge in [0.05, 0.1) is 10.7 Å². The Balaban J connectivity index is 1.91. The molecule has 0 saturated carbocycles. The number of benzene rings is 2. The van der Waals surface area contributed by atoms with Crippen molar-refractivity contribution in [2.24, 2.45) is 0 Å². The van der Waals surface area contributed by atoms with E-state index in [0.29, 0.717) is 21.7 Å². The van der Waals surface area contributed by atoms with Gasteiger partial charge >= 0.3 is 0 Å². The highest BCUT2D eigenvalue weighted by molar-refractivity contribution is 9.10. The topological polar surface area (TPSA) is 24.9 Å². The monoisotopic (exact) mass is 364 g/mol. The zero-order valence-corrected chi connectivity index (χ0v) is 13.2. The van der Waals surface area contributed by atoms with Crippen LogP contribution in [0.15, 0.2) is 53.3 Å². The van der Waals surface area contributed by atoms with Gasteiger partial charge in [0, 0.05) is 28.8 Å². The van der Waals surface area contributed by atoms with Crippen molar-refractivity contribution in [2.45, 2.75) is 6.54 Å². The SMILES string of the molecule is Fc1cc(Cl)c(NCc2cccc3cnccc23)c(Br)c1. The van der Waals surface area contributed by atoms with E-state index in [-0.39, 0.29) is 5.82 Å². The van der Waals surface area contributed by atoms with Crippen molar-refractivity contribution in [1.29, 1.82) is 0 Å². The molecule has 0 spiro atoms. The Morgan fingerprint density at radius 3 is 2.90 bits per heavy atom. The quantitative estimate of drug-likeness (QED) is 0.672. The fraction of sp³-hybridized carbons (Fsp3) is 0.0625. The maximum absolute atomic E-state index is 13.2. The van der Waals surface area contributed by atoms with Crippen molar-refractivity contribution in [2.75, 3.05) is 5.32 Å². The Bertz CT molecular complexity index is 779. The van der Waals surface area contributed by atoms with E-state index in [0.717, 1.165) is 16.3 Å². The van der Waals surface area contributed by atoms with Crippen LogP contribution in [0.2, 0.25) is 5.02 Å². The minimum Gasteiger partial charge on any atom is -0.379 e. The largest absolute Gasteiger partial charge is 0.379 e. The van der Waals surface area contributed by atoms with E-state index < -0.39 is 0 Å². The van der Waals surface area contributed by atoms with Gasteiger partial charge in [-0.2, -0.15) is 0 Å². The van der Waals surface area contributed by atoms with Crippen molar-refractivity contribution < 1.29 is 4.39 Å². The molecule has 1 aromatic heterocycles. The van der Waals surface area contributed by atoms with Gasteiger partial charge < -0.3 is 5.32 Å². The normalized spacial score (nSPS) is 10.8. The summed E-state index contributed by atoms with van der Waals surface area (Å²) in [6.45, 7) is 0.589. The lowest BCUT2D eigenvalue weighted by Crippen LogP contribution is -2.02. The van der Waals surface area contributed by atoms with Crippen molar-refractivity contribution in [3.8, 4) is 0 Å². The van der Waals surface area contributed by atoms with Gasteiger partial charge in [0.1, 0.15) is 5.82 Å². The van der Waals surface area contributed by atoms with Crippen molar-refractivity contribution >= 4 is 44.0 Å². The molecule has 1 heterocycles. The van der Waals surface area contributed by atoms with Crippen LogP contribution in [-0.2, 0) is 6.54 Å². The summed E-state index contributed by atoms with van der Waals surface area (Å²) in [5.74, 6) is -0.367. The van der Waals surface area contributed by atoms with Crippen molar-refractivity contribution in [3.63, 3.8) is 0 Å². The fourth-order valence-corrected chi connectivity index (χ4v) is 3.20. The Labute approximate surface area is 135 Å². The molecule has 2 nitrogen and oxygen atoms in total. The zero-order chi connectivity index (χ0) is 14.8. The minimum absolute atomic E-state index is 0.351. The Kier molecular flexibility index (Phi) is 4.08. The number of aromatic nitrogens is 1. The number of anilines is 1. The molecule has 0 bridgehead atoms. The fourth-order valence-electron chi connectivity index (χ4n) is 2.24. The van der Waals surface area contributed by atoms with Crippen LogP contribution < -0.4 is 5.32 Å². The van der Waals surface area contributed by atoms with Gasteiger partial charge in [-0.1, -0.05) is 29.8 Å². The summed E-state index contributed by atoms with van der Waals surface area (Å²) in [6, 6.07) is 10.7. The summed E-state index contributed by atoms with van der Waals surface area (Å²) in [5, 5.41) is 5.82. The van der Waals surface area contributed by atoms with E-state index >= 15 is 0 Å². The molecule has 0 atom stereocenters. The van der Waals surface area contributed by atoms with E-state index in [1.807, 2.05) is 30.5 Å². The first-order valence-electron chi connectivity index (χ1n) is 6.35. The lowest BCUT2D eigenvalue weighted by Gasteiger charge is -2.12. The highest BCUT2D eigenvalue weighted by Crippen LogP contribution is 2.32. The van der Waals surface area contributed by atoms with Gasteiger partial charge in [0.15, 0.2) is 0 Å². The summed E-state index contributed by atoms with van der Waals surface area (Å²) in [7, 11) is 0. The van der Waals surface area contributed by atoms with Crippen molar-refractivity contribution in [3.05, 3.63) is 69.7 Å².